The molecule has 2 aromatic carbocycles. The van der Waals surface area contributed by atoms with Crippen molar-refractivity contribution in [1.29, 1.82) is 0 Å². The molecule has 0 bridgehead atoms. The van der Waals surface area contributed by atoms with Crippen molar-refractivity contribution in [3.8, 4) is 0 Å². The zero-order valence-corrected chi connectivity index (χ0v) is 15.5. The molecule has 1 aromatic heterocycles. The van der Waals surface area contributed by atoms with Crippen LogP contribution in [0.5, 0.6) is 0 Å². The topological polar surface area (TPSA) is 89.0 Å². The summed E-state index contributed by atoms with van der Waals surface area (Å²) >= 11 is 0.716. The molecule has 0 saturated carbocycles. The Morgan fingerprint density at radius 3 is 2.52 bits per heavy atom. The van der Waals surface area contributed by atoms with Crippen LogP contribution in [0.4, 0.5) is 9.52 Å². The number of carbonyl (C=O) groups is 1. The number of sulfone groups is 1. The van der Waals surface area contributed by atoms with Gasteiger partial charge in [0.05, 0.1) is 5.75 Å². The molecule has 0 radical (unpaired) electrons. The molecule has 9 heteroatoms. The van der Waals surface area contributed by atoms with Gasteiger partial charge in [-0.05, 0) is 17.7 Å². The van der Waals surface area contributed by atoms with Crippen molar-refractivity contribution in [2.75, 3.05) is 5.32 Å². The van der Waals surface area contributed by atoms with E-state index in [1.807, 2.05) is 30.3 Å². The fourth-order valence-electron chi connectivity index (χ4n) is 2.15. The number of rotatable bonds is 6. The number of halogens is 1. The summed E-state index contributed by atoms with van der Waals surface area (Å²) in [6.07, 6.45) is 2.93. The smallest absolute Gasteiger partial charge is 0.250 e. The van der Waals surface area contributed by atoms with Crippen LogP contribution < -0.4 is 5.32 Å². The Balaban J connectivity index is 1.68. The molecule has 0 aliphatic rings. The quantitative estimate of drug-likeness (QED) is 0.504. The first-order valence-corrected chi connectivity index (χ1v) is 10.2. The summed E-state index contributed by atoms with van der Waals surface area (Å²) < 4.78 is 38.1. The second-order valence-electron chi connectivity index (χ2n) is 5.46. The highest BCUT2D eigenvalue weighted by Crippen LogP contribution is 2.24. The Morgan fingerprint density at radius 1 is 1.07 bits per heavy atom. The molecule has 0 spiro atoms. The second-order valence-corrected chi connectivity index (χ2v) is 8.60. The molecule has 3 rings (SSSR count). The zero-order chi connectivity index (χ0) is 19.3. The van der Waals surface area contributed by atoms with Gasteiger partial charge in [-0.15, -0.1) is 10.2 Å². The van der Waals surface area contributed by atoms with Crippen molar-refractivity contribution >= 4 is 38.3 Å². The molecule has 3 aromatic rings. The molecule has 1 N–H and O–H groups in total. The largest absolute Gasteiger partial charge is 0.297 e. The van der Waals surface area contributed by atoms with Gasteiger partial charge in [0.2, 0.25) is 25.2 Å². The van der Waals surface area contributed by atoms with E-state index in [4.69, 9.17) is 0 Å². The molecule has 6 nitrogen and oxygen atoms in total. The van der Waals surface area contributed by atoms with Gasteiger partial charge in [-0.2, -0.15) is 0 Å². The zero-order valence-electron chi connectivity index (χ0n) is 13.9. The number of nitrogens with zero attached hydrogens (tertiary/aromatic N) is 2. The van der Waals surface area contributed by atoms with Crippen molar-refractivity contribution in [3.05, 3.63) is 77.6 Å². The maximum Gasteiger partial charge on any atom is 0.250 e. The van der Waals surface area contributed by atoms with Crippen LogP contribution in [0, 0.1) is 5.82 Å². The molecular formula is C18H14FN3O3S2. The Hall–Kier alpha value is -2.91. The van der Waals surface area contributed by atoms with Gasteiger partial charge in [-0.3, -0.25) is 10.1 Å². The molecule has 0 aliphatic carbocycles. The number of benzene rings is 2. The Bertz CT molecular complexity index is 1080. The lowest BCUT2D eigenvalue weighted by Gasteiger charge is -2.01. The van der Waals surface area contributed by atoms with Gasteiger partial charge < -0.3 is 0 Å². The van der Waals surface area contributed by atoms with E-state index in [9.17, 15) is 17.6 Å². The van der Waals surface area contributed by atoms with Gasteiger partial charge in [0, 0.05) is 11.6 Å². The van der Waals surface area contributed by atoms with E-state index in [1.54, 1.807) is 12.1 Å². The second kappa shape index (κ2) is 8.19. The molecule has 0 unspecified atom stereocenters. The molecule has 0 atom stereocenters. The van der Waals surface area contributed by atoms with Crippen LogP contribution >= 0.6 is 11.3 Å². The van der Waals surface area contributed by atoms with Crippen LogP contribution in [-0.4, -0.2) is 24.5 Å². The third-order valence-corrected chi connectivity index (χ3v) is 6.38. The summed E-state index contributed by atoms with van der Waals surface area (Å²) in [7, 11) is -3.87. The van der Waals surface area contributed by atoms with E-state index >= 15 is 0 Å². The summed E-state index contributed by atoms with van der Waals surface area (Å²) in [4.78, 5) is 11.9. The molecule has 27 heavy (non-hydrogen) atoms. The van der Waals surface area contributed by atoms with Gasteiger partial charge in [-0.1, -0.05) is 59.9 Å². The first kappa shape index (κ1) is 18.9. The summed E-state index contributed by atoms with van der Waals surface area (Å²) in [5, 5.41) is 9.78. The Kier molecular flexibility index (Phi) is 5.72. The van der Waals surface area contributed by atoms with E-state index in [0.717, 1.165) is 5.56 Å². The molecular weight excluding hydrogens is 389 g/mol. The van der Waals surface area contributed by atoms with Crippen LogP contribution in [0.15, 0.2) is 65.0 Å². The predicted molar refractivity (Wildman–Crippen MR) is 101 cm³/mol. The minimum Gasteiger partial charge on any atom is -0.297 e. The van der Waals surface area contributed by atoms with Crippen molar-refractivity contribution < 1.29 is 17.6 Å². The third kappa shape index (κ3) is 5.05. The average Bonchev–Trinajstić information content (AvgIpc) is 3.12. The van der Waals surface area contributed by atoms with Gasteiger partial charge in [-0.25, -0.2) is 12.8 Å². The first-order chi connectivity index (χ1) is 12.9. The highest BCUT2D eigenvalue weighted by molar-refractivity contribution is 7.92. The molecule has 1 amide bonds. The summed E-state index contributed by atoms with van der Waals surface area (Å²) in [6.45, 7) is 0. The van der Waals surface area contributed by atoms with Crippen LogP contribution in [0.3, 0.4) is 0 Å². The lowest BCUT2D eigenvalue weighted by Crippen LogP contribution is -2.07. The third-order valence-electron chi connectivity index (χ3n) is 3.43. The number of carbonyl (C=O) groups excluding carboxylic acids is 1. The van der Waals surface area contributed by atoms with Gasteiger partial charge in [0.25, 0.3) is 0 Å². The number of amides is 1. The summed E-state index contributed by atoms with van der Waals surface area (Å²) in [6, 6.07) is 14.8. The number of hydrogen-bond donors (Lipinski definition) is 1. The first-order valence-electron chi connectivity index (χ1n) is 7.78. The number of nitrogens with one attached hydrogen (secondary N) is 1. The fraction of sp³-hybridized carbons (Fsp3) is 0.0556. The van der Waals surface area contributed by atoms with Crippen LogP contribution in [0.2, 0.25) is 0 Å². The van der Waals surface area contributed by atoms with Gasteiger partial charge in [0.15, 0.2) is 0 Å². The van der Waals surface area contributed by atoms with Crippen molar-refractivity contribution in [3.63, 3.8) is 0 Å². The maximum absolute atomic E-state index is 13.7. The molecule has 1 heterocycles. The average molecular weight is 403 g/mol. The molecule has 0 saturated heterocycles. The van der Waals surface area contributed by atoms with Crippen molar-refractivity contribution in [2.24, 2.45) is 0 Å². The Labute approximate surface area is 159 Å². The van der Waals surface area contributed by atoms with Crippen molar-refractivity contribution in [2.45, 2.75) is 10.1 Å². The summed E-state index contributed by atoms with van der Waals surface area (Å²) in [5.74, 6) is -1.60. The standard InChI is InChI=1S/C18H14FN3O3S2/c19-15-9-5-4-8-14(15)12-27(24,25)18-22-21-17(26-18)20-16(23)11-10-13-6-2-1-3-7-13/h1-11H,12H2,(H,20,21,23). The number of hydrogen-bond acceptors (Lipinski definition) is 6. The van der Waals surface area contributed by atoms with Crippen LogP contribution in [-0.2, 0) is 20.4 Å². The lowest BCUT2D eigenvalue weighted by atomic mass is 10.2. The van der Waals surface area contributed by atoms with E-state index in [1.165, 1.54) is 24.3 Å². The van der Waals surface area contributed by atoms with Crippen molar-refractivity contribution in [1.82, 2.24) is 10.2 Å². The van der Waals surface area contributed by atoms with Gasteiger partial charge >= 0.3 is 0 Å². The minimum atomic E-state index is -3.87. The maximum atomic E-state index is 13.7. The monoisotopic (exact) mass is 403 g/mol. The highest BCUT2D eigenvalue weighted by atomic mass is 32.2. The fourth-order valence-corrected chi connectivity index (χ4v) is 4.49. The van der Waals surface area contributed by atoms with Crippen LogP contribution in [0.25, 0.3) is 6.08 Å². The van der Waals surface area contributed by atoms with E-state index < -0.39 is 27.3 Å². The molecule has 0 aliphatic heterocycles. The number of anilines is 1. The molecule has 0 fully saturated rings. The highest BCUT2D eigenvalue weighted by Gasteiger charge is 2.22. The number of aromatic nitrogens is 2. The van der Waals surface area contributed by atoms with Crippen LogP contribution in [0.1, 0.15) is 11.1 Å². The van der Waals surface area contributed by atoms with Gasteiger partial charge in [0.1, 0.15) is 5.82 Å². The predicted octanol–water partition coefficient (Wildman–Crippen LogP) is 3.30. The Morgan fingerprint density at radius 2 is 1.78 bits per heavy atom. The SMILES string of the molecule is O=C(C=Cc1ccccc1)Nc1nnc(S(=O)(=O)Cc2ccccc2F)s1. The van der Waals surface area contributed by atoms with E-state index in [-0.39, 0.29) is 15.0 Å². The molecule has 138 valence electrons. The van der Waals surface area contributed by atoms with E-state index in [2.05, 4.69) is 15.5 Å². The van der Waals surface area contributed by atoms with E-state index in [0.29, 0.717) is 11.3 Å². The minimum absolute atomic E-state index is 0.0454. The normalized spacial score (nSPS) is 11.6. The summed E-state index contributed by atoms with van der Waals surface area (Å²) in [5.41, 5.74) is 0.891. The lowest BCUT2D eigenvalue weighted by molar-refractivity contribution is -0.111.